The van der Waals surface area contributed by atoms with E-state index in [1.54, 1.807) is 13.0 Å². The molecule has 0 saturated carbocycles. The minimum atomic E-state index is -0.347. The number of carbonyl (C=O) groups excluding carboxylic acids is 1. The van der Waals surface area contributed by atoms with Crippen LogP contribution in [-0.2, 0) is 11.3 Å². The van der Waals surface area contributed by atoms with Crippen molar-refractivity contribution in [3.05, 3.63) is 65.7 Å². The molecule has 2 aromatic rings. The highest BCUT2D eigenvalue weighted by Gasteiger charge is 2.22. The second-order valence-electron chi connectivity index (χ2n) is 5.37. The van der Waals surface area contributed by atoms with Gasteiger partial charge in [0.05, 0.1) is 7.05 Å². The van der Waals surface area contributed by atoms with Crippen LogP contribution in [0, 0.1) is 11.6 Å². The van der Waals surface area contributed by atoms with Crippen LogP contribution in [0.2, 0.25) is 0 Å². The summed E-state index contributed by atoms with van der Waals surface area (Å²) in [6.07, 6.45) is 0. The van der Waals surface area contributed by atoms with Gasteiger partial charge in [0.1, 0.15) is 18.2 Å². The third kappa shape index (κ3) is 4.36. The smallest absolute Gasteiger partial charge is 0.282 e. The van der Waals surface area contributed by atoms with Gasteiger partial charge in [0.2, 0.25) is 0 Å². The van der Waals surface area contributed by atoms with Gasteiger partial charge in [-0.1, -0.05) is 12.1 Å². The van der Waals surface area contributed by atoms with Crippen LogP contribution < -0.4 is 10.2 Å². The lowest BCUT2D eigenvalue weighted by Gasteiger charge is -2.21. The van der Waals surface area contributed by atoms with Crippen molar-refractivity contribution in [2.24, 2.45) is 0 Å². The third-order valence-corrected chi connectivity index (χ3v) is 3.62. The molecule has 2 rings (SSSR count). The Hall–Kier alpha value is -2.27. The first-order chi connectivity index (χ1) is 10.5. The number of benzene rings is 2. The fraction of sp³-hybridized carbons (Fsp3) is 0.235. The average molecular weight is 305 g/mol. The number of nitrogens with one attached hydrogen (secondary N) is 2. The van der Waals surface area contributed by atoms with E-state index in [1.165, 1.54) is 36.4 Å². The first-order valence-corrected chi connectivity index (χ1v) is 7.09. The Balaban J connectivity index is 1.95. The lowest BCUT2D eigenvalue weighted by atomic mass is 10.2. The van der Waals surface area contributed by atoms with E-state index in [4.69, 9.17) is 0 Å². The summed E-state index contributed by atoms with van der Waals surface area (Å²) >= 11 is 0. The molecule has 0 aromatic heterocycles. The fourth-order valence-corrected chi connectivity index (χ4v) is 2.13. The molecule has 2 atom stereocenters. The molecule has 1 unspecified atom stereocenters. The van der Waals surface area contributed by atoms with E-state index in [0.29, 0.717) is 12.2 Å². The molecule has 0 saturated heterocycles. The lowest BCUT2D eigenvalue weighted by Crippen LogP contribution is -3.12. The van der Waals surface area contributed by atoms with Crippen LogP contribution in [0.15, 0.2) is 48.5 Å². The van der Waals surface area contributed by atoms with Crippen LogP contribution in [0.4, 0.5) is 14.5 Å². The van der Waals surface area contributed by atoms with Crippen molar-refractivity contribution < 1.29 is 18.5 Å². The van der Waals surface area contributed by atoms with Gasteiger partial charge in [0.15, 0.2) is 6.04 Å². The van der Waals surface area contributed by atoms with Crippen molar-refractivity contribution in [3.8, 4) is 0 Å². The quantitative estimate of drug-likeness (QED) is 0.870. The molecule has 0 radical (unpaired) electrons. The molecule has 0 heterocycles. The van der Waals surface area contributed by atoms with Gasteiger partial charge in [-0.2, -0.15) is 0 Å². The molecule has 0 aliphatic carbocycles. The van der Waals surface area contributed by atoms with Gasteiger partial charge in [-0.3, -0.25) is 4.79 Å². The monoisotopic (exact) mass is 305 g/mol. The Kier molecular flexibility index (Phi) is 5.22. The number of likely N-dealkylation sites (N-methyl/N-ethyl adjacent to an activating group) is 1. The number of anilines is 1. The predicted octanol–water partition coefficient (Wildman–Crippen LogP) is 2.01. The van der Waals surface area contributed by atoms with Gasteiger partial charge in [-0.15, -0.1) is 0 Å². The second-order valence-corrected chi connectivity index (χ2v) is 5.37. The van der Waals surface area contributed by atoms with Gasteiger partial charge in [-0.05, 0) is 43.3 Å². The van der Waals surface area contributed by atoms with Crippen molar-refractivity contribution in [2.75, 3.05) is 12.4 Å². The molecular formula is C17H19F2N2O+. The molecule has 0 spiro atoms. The summed E-state index contributed by atoms with van der Waals surface area (Å²) in [5.41, 5.74) is 1.38. The van der Waals surface area contributed by atoms with E-state index in [0.717, 1.165) is 10.5 Å². The van der Waals surface area contributed by atoms with E-state index >= 15 is 0 Å². The molecule has 116 valence electrons. The van der Waals surface area contributed by atoms with Crippen molar-refractivity contribution in [3.63, 3.8) is 0 Å². The molecule has 0 bridgehead atoms. The Morgan fingerprint density at radius 1 is 1.14 bits per heavy atom. The Morgan fingerprint density at radius 2 is 1.82 bits per heavy atom. The van der Waals surface area contributed by atoms with Gasteiger partial charge in [-0.25, -0.2) is 8.78 Å². The first-order valence-electron chi connectivity index (χ1n) is 7.09. The van der Waals surface area contributed by atoms with Gasteiger partial charge >= 0.3 is 0 Å². The lowest BCUT2D eigenvalue weighted by molar-refractivity contribution is -0.907. The van der Waals surface area contributed by atoms with Crippen molar-refractivity contribution in [1.29, 1.82) is 0 Å². The van der Waals surface area contributed by atoms with Crippen molar-refractivity contribution >= 4 is 11.6 Å². The zero-order valence-electron chi connectivity index (χ0n) is 12.6. The number of halogens is 2. The number of amides is 1. The molecule has 0 aliphatic rings. The molecular weight excluding hydrogens is 286 g/mol. The summed E-state index contributed by atoms with van der Waals surface area (Å²) < 4.78 is 26.0. The first kappa shape index (κ1) is 16.1. The molecule has 1 amide bonds. The van der Waals surface area contributed by atoms with Gasteiger partial charge in [0.25, 0.3) is 5.91 Å². The second kappa shape index (κ2) is 7.13. The SMILES string of the molecule is C[C@@H](C(=O)Nc1ccc(F)cc1)[NH+](C)Cc1cccc(F)c1. The normalized spacial score (nSPS) is 13.5. The Morgan fingerprint density at radius 3 is 2.45 bits per heavy atom. The fourth-order valence-electron chi connectivity index (χ4n) is 2.13. The maximum Gasteiger partial charge on any atom is 0.282 e. The van der Waals surface area contributed by atoms with E-state index in [9.17, 15) is 13.6 Å². The molecule has 5 heteroatoms. The highest BCUT2D eigenvalue weighted by atomic mass is 19.1. The molecule has 22 heavy (non-hydrogen) atoms. The van der Waals surface area contributed by atoms with Crippen molar-refractivity contribution in [2.45, 2.75) is 19.5 Å². The molecule has 2 N–H and O–H groups in total. The zero-order chi connectivity index (χ0) is 16.1. The predicted molar refractivity (Wildman–Crippen MR) is 81.5 cm³/mol. The van der Waals surface area contributed by atoms with Gasteiger partial charge in [0, 0.05) is 11.3 Å². The van der Waals surface area contributed by atoms with Crippen molar-refractivity contribution in [1.82, 2.24) is 0 Å². The van der Waals surface area contributed by atoms with E-state index in [2.05, 4.69) is 5.32 Å². The molecule has 0 aliphatic heterocycles. The summed E-state index contributed by atoms with van der Waals surface area (Å²) in [5.74, 6) is -0.797. The maximum atomic E-state index is 13.2. The number of rotatable bonds is 5. The Labute approximate surface area is 128 Å². The summed E-state index contributed by atoms with van der Waals surface area (Å²) in [7, 11) is 1.87. The van der Waals surface area contributed by atoms with Crippen LogP contribution >= 0.6 is 0 Å². The van der Waals surface area contributed by atoms with Gasteiger partial charge < -0.3 is 10.2 Å². The zero-order valence-corrected chi connectivity index (χ0v) is 12.6. The molecule has 0 fully saturated rings. The van der Waals surface area contributed by atoms with E-state index in [1.807, 2.05) is 13.1 Å². The molecule has 3 nitrogen and oxygen atoms in total. The average Bonchev–Trinajstić information content (AvgIpc) is 2.48. The van der Waals surface area contributed by atoms with Crippen LogP contribution in [0.5, 0.6) is 0 Å². The summed E-state index contributed by atoms with van der Waals surface area (Å²) in [6, 6.07) is 11.6. The minimum absolute atomic E-state index is 0.166. The largest absolute Gasteiger partial charge is 0.324 e. The third-order valence-electron chi connectivity index (χ3n) is 3.62. The van der Waals surface area contributed by atoms with Crippen LogP contribution in [0.1, 0.15) is 12.5 Å². The van der Waals surface area contributed by atoms with Crippen LogP contribution in [0.25, 0.3) is 0 Å². The standard InChI is InChI=1S/C17H18F2N2O/c1-12(17(22)20-16-8-6-14(18)7-9-16)21(2)11-13-4-3-5-15(19)10-13/h3-10,12H,11H2,1-2H3,(H,20,22)/p+1/t12-/m0/s1. The topological polar surface area (TPSA) is 33.5 Å². The number of carbonyl (C=O) groups is 1. The summed E-state index contributed by atoms with van der Waals surface area (Å²) in [5, 5.41) is 2.75. The van der Waals surface area contributed by atoms with E-state index in [-0.39, 0.29) is 23.6 Å². The highest BCUT2D eigenvalue weighted by Crippen LogP contribution is 2.08. The number of hydrogen-bond donors (Lipinski definition) is 2. The summed E-state index contributed by atoms with van der Waals surface area (Å²) in [4.78, 5) is 13.1. The Bertz CT molecular complexity index is 643. The summed E-state index contributed by atoms with van der Waals surface area (Å²) in [6.45, 7) is 2.34. The highest BCUT2D eigenvalue weighted by molar-refractivity contribution is 5.93. The van der Waals surface area contributed by atoms with Crippen LogP contribution in [0.3, 0.4) is 0 Å². The minimum Gasteiger partial charge on any atom is -0.324 e. The molecule has 2 aromatic carbocycles. The van der Waals surface area contributed by atoms with E-state index < -0.39 is 0 Å². The van der Waals surface area contributed by atoms with Crippen LogP contribution in [-0.4, -0.2) is 19.0 Å². The maximum absolute atomic E-state index is 13.2. The number of quaternary nitrogens is 1. The number of hydrogen-bond acceptors (Lipinski definition) is 1.